The van der Waals surface area contributed by atoms with Crippen LogP contribution in [-0.4, -0.2) is 41.5 Å². The van der Waals surface area contributed by atoms with Crippen molar-refractivity contribution in [1.29, 1.82) is 0 Å². The number of nitrogens with two attached hydrogens (primary N) is 1. The zero-order chi connectivity index (χ0) is 15.4. The molecule has 2 rings (SSSR count). The Hall–Kier alpha value is -1.92. The number of para-hydroxylation sites is 1. The fourth-order valence-corrected chi connectivity index (χ4v) is 2.24. The number of fused-ring (bicyclic) bond motifs is 1. The Kier molecular flexibility index (Phi) is 4.93. The first-order valence-corrected chi connectivity index (χ1v) is 7.16. The summed E-state index contributed by atoms with van der Waals surface area (Å²) >= 11 is 0. The van der Waals surface area contributed by atoms with Gasteiger partial charge in [0, 0.05) is 18.0 Å². The van der Waals surface area contributed by atoms with Gasteiger partial charge < -0.3 is 10.2 Å². The van der Waals surface area contributed by atoms with E-state index in [1.165, 1.54) is 0 Å². The SMILES string of the molecule is CC(C)C(CN(C)C)Nc1nc(NN)nc2ccccc12. The third-order valence-corrected chi connectivity index (χ3v) is 3.42. The molecule has 2 aromatic rings. The lowest BCUT2D eigenvalue weighted by Crippen LogP contribution is -2.36. The van der Waals surface area contributed by atoms with E-state index in [1.807, 2.05) is 24.3 Å². The molecule has 1 aromatic carbocycles. The molecular formula is C15H24N6. The Labute approximate surface area is 125 Å². The summed E-state index contributed by atoms with van der Waals surface area (Å²) in [6.45, 7) is 5.33. The van der Waals surface area contributed by atoms with Crippen molar-refractivity contribution in [1.82, 2.24) is 14.9 Å². The fourth-order valence-electron chi connectivity index (χ4n) is 2.24. The molecule has 6 nitrogen and oxygen atoms in total. The Morgan fingerprint density at radius 2 is 1.90 bits per heavy atom. The molecular weight excluding hydrogens is 264 g/mol. The van der Waals surface area contributed by atoms with Crippen LogP contribution in [0.25, 0.3) is 10.9 Å². The van der Waals surface area contributed by atoms with Crippen LogP contribution in [0.3, 0.4) is 0 Å². The first-order valence-electron chi connectivity index (χ1n) is 7.16. The van der Waals surface area contributed by atoms with Gasteiger partial charge in [-0.25, -0.2) is 10.8 Å². The van der Waals surface area contributed by atoms with E-state index in [4.69, 9.17) is 5.84 Å². The Morgan fingerprint density at radius 3 is 2.52 bits per heavy atom. The molecule has 114 valence electrons. The highest BCUT2D eigenvalue weighted by Gasteiger charge is 2.17. The van der Waals surface area contributed by atoms with E-state index in [0.29, 0.717) is 17.9 Å². The molecule has 1 heterocycles. The van der Waals surface area contributed by atoms with Crippen molar-refractivity contribution < 1.29 is 0 Å². The second kappa shape index (κ2) is 6.69. The third kappa shape index (κ3) is 3.80. The van der Waals surface area contributed by atoms with Gasteiger partial charge in [0.25, 0.3) is 0 Å². The molecule has 0 saturated heterocycles. The standard InChI is InChI=1S/C15H24N6/c1-10(2)13(9-21(3)4)17-14-11-7-5-6-8-12(11)18-15(19-14)20-16/h5-8,10,13H,9,16H2,1-4H3,(H2,17,18,19,20). The van der Waals surface area contributed by atoms with Crippen LogP contribution in [0.5, 0.6) is 0 Å². The van der Waals surface area contributed by atoms with Crippen molar-refractivity contribution >= 4 is 22.7 Å². The number of nitrogen functional groups attached to an aromatic ring is 1. The van der Waals surface area contributed by atoms with Gasteiger partial charge in [-0.05, 0) is 32.1 Å². The number of nitrogens with zero attached hydrogens (tertiary/aromatic N) is 3. The van der Waals surface area contributed by atoms with Gasteiger partial charge in [-0.15, -0.1) is 0 Å². The van der Waals surface area contributed by atoms with Crippen molar-refractivity contribution in [2.24, 2.45) is 11.8 Å². The molecule has 0 spiro atoms. The maximum Gasteiger partial charge on any atom is 0.239 e. The van der Waals surface area contributed by atoms with Crippen LogP contribution in [0, 0.1) is 5.92 Å². The van der Waals surface area contributed by atoms with Crippen LogP contribution < -0.4 is 16.6 Å². The number of hydrogen-bond acceptors (Lipinski definition) is 6. The minimum absolute atomic E-state index is 0.295. The van der Waals surface area contributed by atoms with Gasteiger partial charge in [-0.1, -0.05) is 26.0 Å². The van der Waals surface area contributed by atoms with E-state index in [-0.39, 0.29) is 0 Å². The van der Waals surface area contributed by atoms with Crippen molar-refractivity contribution in [2.45, 2.75) is 19.9 Å². The molecule has 0 amide bonds. The number of rotatable bonds is 6. The first kappa shape index (κ1) is 15.5. The van der Waals surface area contributed by atoms with Crippen LogP contribution in [0.1, 0.15) is 13.8 Å². The van der Waals surface area contributed by atoms with Crippen molar-refractivity contribution in [3.8, 4) is 0 Å². The monoisotopic (exact) mass is 288 g/mol. The molecule has 21 heavy (non-hydrogen) atoms. The number of benzene rings is 1. The number of hydrogen-bond donors (Lipinski definition) is 3. The minimum Gasteiger partial charge on any atom is -0.365 e. The quantitative estimate of drug-likeness (QED) is 0.557. The van der Waals surface area contributed by atoms with Gasteiger partial charge in [0.15, 0.2) is 0 Å². The number of hydrazine groups is 1. The molecule has 0 saturated carbocycles. The molecule has 0 aliphatic carbocycles. The third-order valence-electron chi connectivity index (χ3n) is 3.42. The number of nitrogens with one attached hydrogen (secondary N) is 2. The summed E-state index contributed by atoms with van der Waals surface area (Å²) in [4.78, 5) is 11.0. The van der Waals surface area contributed by atoms with Crippen molar-refractivity contribution in [3.63, 3.8) is 0 Å². The summed E-state index contributed by atoms with van der Waals surface area (Å²) in [5.41, 5.74) is 3.40. The lowest BCUT2D eigenvalue weighted by Gasteiger charge is -2.26. The van der Waals surface area contributed by atoms with E-state index < -0.39 is 0 Å². The highest BCUT2D eigenvalue weighted by atomic mass is 15.3. The molecule has 0 aliphatic heterocycles. The van der Waals surface area contributed by atoms with E-state index in [2.05, 4.69) is 53.6 Å². The summed E-state index contributed by atoms with van der Waals surface area (Å²) in [5.74, 6) is 7.19. The molecule has 0 bridgehead atoms. The van der Waals surface area contributed by atoms with Gasteiger partial charge in [-0.3, -0.25) is 5.43 Å². The number of anilines is 2. The Morgan fingerprint density at radius 1 is 1.19 bits per heavy atom. The Bertz CT molecular complexity index is 596. The zero-order valence-electron chi connectivity index (χ0n) is 13.1. The van der Waals surface area contributed by atoms with E-state index in [1.54, 1.807) is 0 Å². The van der Waals surface area contributed by atoms with Crippen LogP contribution in [0.2, 0.25) is 0 Å². The largest absolute Gasteiger partial charge is 0.365 e. The highest BCUT2D eigenvalue weighted by Crippen LogP contribution is 2.23. The Balaban J connectivity index is 2.39. The van der Waals surface area contributed by atoms with Gasteiger partial charge in [0.2, 0.25) is 5.95 Å². The summed E-state index contributed by atoms with van der Waals surface area (Å²) in [6.07, 6.45) is 0. The predicted molar refractivity (Wildman–Crippen MR) is 88.2 cm³/mol. The molecule has 0 aliphatic rings. The highest BCUT2D eigenvalue weighted by molar-refractivity contribution is 5.90. The van der Waals surface area contributed by atoms with E-state index in [9.17, 15) is 0 Å². The van der Waals surface area contributed by atoms with Gasteiger partial charge in [0.1, 0.15) is 5.82 Å². The minimum atomic E-state index is 0.295. The molecule has 4 N–H and O–H groups in total. The summed E-state index contributed by atoms with van der Waals surface area (Å²) in [7, 11) is 4.14. The smallest absolute Gasteiger partial charge is 0.239 e. The van der Waals surface area contributed by atoms with Gasteiger partial charge in [-0.2, -0.15) is 4.98 Å². The molecule has 0 fully saturated rings. The molecule has 1 unspecified atom stereocenters. The number of likely N-dealkylation sites (N-methyl/N-ethyl adjacent to an activating group) is 1. The van der Waals surface area contributed by atoms with E-state index in [0.717, 1.165) is 23.3 Å². The molecule has 0 radical (unpaired) electrons. The van der Waals surface area contributed by atoms with E-state index >= 15 is 0 Å². The van der Waals surface area contributed by atoms with Gasteiger partial charge >= 0.3 is 0 Å². The summed E-state index contributed by atoms with van der Waals surface area (Å²) in [5, 5.41) is 4.54. The van der Waals surface area contributed by atoms with Crippen LogP contribution >= 0.6 is 0 Å². The lowest BCUT2D eigenvalue weighted by atomic mass is 10.0. The van der Waals surface area contributed by atoms with Crippen LogP contribution in [-0.2, 0) is 0 Å². The topological polar surface area (TPSA) is 79.1 Å². The molecule has 6 heteroatoms. The lowest BCUT2D eigenvalue weighted by molar-refractivity contribution is 0.344. The van der Waals surface area contributed by atoms with Crippen molar-refractivity contribution in [3.05, 3.63) is 24.3 Å². The fraction of sp³-hybridized carbons (Fsp3) is 0.467. The van der Waals surface area contributed by atoms with Crippen molar-refractivity contribution in [2.75, 3.05) is 31.4 Å². The number of aromatic nitrogens is 2. The maximum absolute atomic E-state index is 5.47. The average Bonchev–Trinajstić information content (AvgIpc) is 2.45. The molecule has 1 atom stereocenters. The van der Waals surface area contributed by atoms with Gasteiger partial charge in [0.05, 0.1) is 5.52 Å². The van der Waals surface area contributed by atoms with Crippen LogP contribution in [0.15, 0.2) is 24.3 Å². The maximum atomic E-state index is 5.47. The molecule has 1 aromatic heterocycles. The average molecular weight is 288 g/mol. The normalized spacial score (nSPS) is 12.9. The predicted octanol–water partition coefficient (Wildman–Crippen LogP) is 1.91. The second-order valence-electron chi connectivity index (χ2n) is 5.81. The second-order valence-corrected chi connectivity index (χ2v) is 5.81. The first-order chi connectivity index (χ1) is 10.0. The van der Waals surface area contributed by atoms with Crippen LogP contribution in [0.4, 0.5) is 11.8 Å². The zero-order valence-corrected chi connectivity index (χ0v) is 13.1. The summed E-state index contributed by atoms with van der Waals surface area (Å²) in [6, 6.07) is 8.22. The summed E-state index contributed by atoms with van der Waals surface area (Å²) < 4.78 is 0.